The average molecular weight is 423 g/mol. The Labute approximate surface area is 177 Å². The molecule has 0 aliphatic carbocycles. The van der Waals surface area contributed by atoms with E-state index in [9.17, 15) is 4.57 Å². The van der Waals surface area contributed by atoms with Crippen molar-refractivity contribution >= 4 is 7.60 Å². The summed E-state index contributed by atoms with van der Waals surface area (Å²) in [7, 11) is 3.20. The van der Waals surface area contributed by atoms with Gasteiger partial charge >= 0.3 is 7.60 Å². The standard InChI is InChI=1S/C19H42N.C4H11O3P/c1-5-6-7-8-9-10-11-12-13-14-15-16-17-18-19-20(2,3)4;1-2-3-4-8(5,6)7/h5-19H2,1-4H3;2-4H2,1H3,(H2,5,6,7)/q+1;. The highest BCUT2D eigenvalue weighted by atomic mass is 31.2. The lowest BCUT2D eigenvalue weighted by Crippen LogP contribution is -2.35. The fraction of sp³-hybridized carbons (Fsp3) is 1.00. The first-order valence-electron chi connectivity index (χ1n) is 12.0. The van der Waals surface area contributed by atoms with Crippen molar-refractivity contribution in [3.63, 3.8) is 0 Å². The van der Waals surface area contributed by atoms with Gasteiger partial charge in [0.1, 0.15) is 0 Å². The molecule has 28 heavy (non-hydrogen) atoms. The summed E-state index contributed by atoms with van der Waals surface area (Å²) < 4.78 is 11.2. The van der Waals surface area contributed by atoms with Gasteiger partial charge in [0.15, 0.2) is 0 Å². The van der Waals surface area contributed by atoms with Crippen LogP contribution in [-0.2, 0) is 4.57 Å². The summed E-state index contributed by atoms with van der Waals surface area (Å²) in [5.41, 5.74) is 0. The minimum atomic E-state index is -3.68. The molecule has 0 bridgehead atoms. The smallest absolute Gasteiger partial charge is 0.325 e. The summed E-state index contributed by atoms with van der Waals surface area (Å²) in [6, 6.07) is 0. The number of hydrogen-bond donors (Lipinski definition) is 2. The molecule has 2 N–H and O–H groups in total. The third-order valence-electron chi connectivity index (χ3n) is 4.99. The largest absolute Gasteiger partial charge is 0.331 e. The number of hydrogen-bond acceptors (Lipinski definition) is 1. The van der Waals surface area contributed by atoms with Crippen LogP contribution in [-0.4, -0.2) is 48.1 Å². The van der Waals surface area contributed by atoms with E-state index in [1.807, 2.05) is 6.92 Å². The minimum absolute atomic E-state index is 0.0312. The van der Waals surface area contributed by atoms with Gasteiger partial charge in [0.05, 0.1) is 27.7 Å². The predicted octanol–water partition coefficient (Wildman–Crippen LogP) is 7.14. The Morgan fingerprint density at radius 1 is 0.571 bits per heavy atom. The number of quaternary nitrogens is 1. The lowest BCUT2D eigenvalue weighted by molar-refractivity contribution is -0.870. The van der Waals surface area contributed by atoms with Crippen molar-refractivity contribution < 1.29 is 18.8 Å². The molecule has 0 radical (unpaired) electrons. The zero-order chi connectivity index (χ0) is 21.7. The van der Waals surface area contributed by atoms with Crippen molar-refractivity contribution in [2.75, 3.05) is 33.8 Å². The van der Waals surface area contributed by atoms with E-state index in [0.717, 1.165) is 10.9 Å². The van der Waals surface area contributed by atoms with Crippen LogP contribution in [0.25, 0.3) is 0 Å². The van der Waals surface area contributed by atoms with Crippen molar-refractivity contribution in [3.05, 3.63) is 0 Å². The lowest BCUT2D eigenvalue weighted by Gasteiger charge is -2.23. The van der Waals surface area contributed by atoms with E-state index in [2.05, 4.69) is 28.1 Å². The number of nitrogens with zero attached hydrogens (tertiary/aromatic N) is 1. The molecule has 0 aromatic carbocycles. The molecule has 0 atom stereocenters. The first-order chi connectivity index (χ1) is 13.1. The molecule has 0 rings (SSSR count). The van der Waals surface area contributed by atoms with Gasteiger partial charge < -0.3 is 14.3 Å². The van der Waals surface area contributed by atoms with Crippen molar-refractivity contribution in [1.29, 1.82) is 0 Å². The van der Waals surface area contributed by atoms with Gasteiger partial charge in [0, 0.05) is 6.16 Å². The molecule has 172 valence electrons. The summed E-state index contributed by atoms with van der Waals surface area (Å²) in [5, 5.41) is 0. The molecule has 0 fully saturated rings. The maximum absolute atomic E-state index is 10.1. The van der Waals surface area contributed by atoms with E-state index < -0.39 is 7.60 Å². The average Bonchev–Trinajstić information content (AvgIpc) is 2.59. The van der Waals surface area contributed by atoms with Crippen molar-refractivity contribution in [3.8, 4) is 0 Å². The monoisotopic (exact) mass is 422 g/mol. The van der Waals surface area contributed by atoms with E-state index >= 15 is 0 Å². The molecule has 4 nitrogen and oxygen atoms in total. The molecule has 0 aromatic heterocycles. The van der Waals surface area contributed by atoms with E-state index in [0.29, 0.717) is 6.42 Å². The van der Waals surface area contributed by atoms with Gasteiger partial charge in [0.2, 0.25) is 0 Å². The Bertz CT molecular complexity index is 350. The third-order valence-corrected chi connectivity index (χ3v) is 5.88. The van der Waals surface area contributed by atoms with Gasteiger partial charge in [-0.2, -0.15) is 0 Å². The van der Waals surface area contributed by atoms with Crippen LogP contribution in [0.3, 0.4) is 0 Å². The van der Waals surface area contributed by atoms with Crippen LogP contribution < -0.4 is 0 Å². The molecule has 0 saturated carbocycles. The molecule has 0 spiro atoms. The molecule has 0 aliphatic rings. The van der Waals surface area contributed by atoms with Crippen LogP contribution in [0.2, 0.25) is 0 Å². The maximum Gasteiger partial charge on any atom is 0.325 e. The first kappa shape index (κ1) is 30.3. The summed E-state index contributed by atoms with van der Waals surface area (Å²) >= 11 is 0. The maximum atomic E-state index is 10.1. The van der Waals surface area contributed by atoms with Gasteiger partial charge in [-0.15, -0.1) is 0 Å². The second kappa shape index (κ2) is 20.4. The molecule has 0 heterocycles. The fourth-order valence-electron chi connectivity index (χ4n) is 3.14. The SMILES string of the molecule is CCCCCCCCCCCCCCCC[N+](C)(C)C.CCCCP(=O)(O)O. The molecular weight excluding hydrogens is 369 g/mol. The van der Waals surface area contributed by atoms with Gasteiger partial charge in [-0.3, -0.25) is 4.57 Å². The molecule has 5 heteroatoms. The zero-order valence-electron chi connectivity index (χ0n) is 19.9. The van der Waals surface area contributed by atoms with Crippen LogP contribution in [0.4, 0.5) is 0 Å². The molecular formula is C23H53NO3P+. The van der Waals surface area contributed by atoms with Gasteiger partial charge in [0.25, 0.3) is 0 Å². The van der Waals surface area contributed by atoms with Crippen molar-refractivity contribution in [2.45, 2.75) is 117 Å². The Morgan fingerprint density at radius 2 is 0.893 bits per heavy atom. The highest BCUT2D eigenvalue weighted by Gasteiger charge is 2.09. The summed E-state index contributed by atoms with van der Waals surface area (Å²) in [6.45, 7) is 5.52. The second-order valence-electron chi connectivity index (χ2n) is 9.35. The lowest BCUT2D eigenvalue weighted by atomic mass is 10.0. The van der Waals surface area contributed by atoms with Crippen LogP contribution in [0.5, 0.6) is 0 Å². The summed E-state index contributed by atoms with van der Waals surface area (Å²) in [4.78, 5) is 16.5. The van der Waals surface area contributed by atoms with Crippen LogP contribution in [0.15, 0.2) is 0 Å². The first-order valence-corrected chi connectivity index (χ1v) is 13.8. The Kier molecular flexibility index (Phi) is 22.1. The van der Waals surface area contributed by atoms with Gasteiger partial charge in [-0.25, -0.2) is 0 Å². The van der Waals surface area contributed by atoms with E-state index in [1.165, 1.54) is 96.4 Å². The molecule has 0 saturated heterocycles. The molecule has 0 aromatic rings. The van der Waals surface area contributed by atoms with Crippen LogP contribution >= 0.6 is 7.60 Å². The Balaban J connectivity index is 0. The topological polar surface area (TPSA) is 57.5 Å². The van der Waals surface area contributed by atoms with E-state index in [1.54, 1.807) is 0 Å². The molecule has 0 aliphatic heterocycles. The zero-order valence-corrected chi connectivity index (χ0v) is 20.8. The van der Waals surface area contributed by atoms with E-state index in [4.69, 9.17) is 9.79 Å². The number of rotatable bonds is 18. The quantitative estimate of drug-likeness (QED) is 0.140. The van der Waals surface area contributed by atoms with Crippen molar-refractivity contribution in [2.24, 2.45) is 0 Å². The van der Waals surface area contributed by atoms with Crippen LogP contribution in [0.1, 0.15) is 117 Å². The van der Waals surface area contributed by atoms with Gasteiger partial charge in [-0.1, -0.05) is 97.3 Å². The third kappa shape index (κ3) is 33.7. The van der Waals surface area contributed by atoms with E-state index in [-0.39, 0.29) is 6.16 Å². The Hall–Kier alpha value is 0.110. The fourth-order valence-corrected chi connectivity index (χ4v) is 3.87. The second-order valence-corrected chi connectivity index (χ2v) is 11.1. The molecule has 0 unspecified atom stereocenters. The van der Waals surface area contributed by atoms with Crippen molar-refractivity contribution in [1.82, 2.24) is 0 Å². The molecule has 0 amide bonds. The normalized spacial score (nSPS) is 12.0. The minimum Gasteiger partial charge on any atom is -0.331 e. The Morgan fingerprint density at radius 3 is 1.14 bits per heavy atom. The summed E-state index contributed by atoms with van der Waals surface area (Å²) in [5.74, 6) is 0. The highest BCUT2D eigenvalue weighted by molar-refractivity contribution is 7.51. The van der Waals surface area contributed by atoms with Gasteiger partial charge in [-0.05, 0) is 19.3 Å². The number of unbranched alkanes of at least 4 members (excludes halogenated alkanes) is 14. The summed E-state index contributed by atoms with van der Waals surface area (Å²) in [6.07, 6.45) is 21.9. The highest BCUT2D eigenvalue weighted by Crippen LogP contribution is 2.35. The van der Waals surface area contributed by atoms with Crippen LogP contribution in [0, 0.1) is 0 Å². The predicted molar refractivity (Wildman–Crippen MR) is 125 cm³/mol.